The molecule has 0 saturated heterocycles. The van der Waals surface area contributed by atoms with Crippen LogP contribution in [0.2, 0.25) is 0 Å². The molecule has 0 aromatic carbocycles. The second-order valence-electron chi connectivity index (χ2n) is 4.01. The Morgan fingerprint density at radius 1 is 1.06 bits per heavy atom. The normalized spacial score (nSPS) is 9.65. The van der Waals surface area contributed by atoms with Gasteiger partial charge in [0, 0.05) is 37.6 Å². The van der Waals surface area contributed by atoms with E-state index in [0.29, 0.717) is 13.1 Å². The van der Waals surface area contributed by atoms with Crippen LogP contribution in [0.4, 0.5) is 0 Å². The van der Waals surface area contributed by atoms with E-state index in [1.54, 1.807) is 0 Å². The largest absolute Gasteiger partial charge is 0.387 e. The van der Waals surface area contributed by atoms with E-state index in [-0.39, 0.29) is 36.3 Å². The number of rotatable bonds is 8. The average molecular weight is 281 g/mol. The van der Waals surface area contributed by atoms with Crippen LogP contribution in [0.15, 0.2) is 0 Å². The summed E-state index contributed by atoms with van der Waals surface area (Å²) >= 11 is 0. The van der Waals surface area contributed by atoms with Gasteiger partial charge in [-0.3, -0.25) is 9.59 Å². The van der Waals surface area contributed by atoms with Gasteiger partial charge in [0.1, 0.15) is 6.61 Å². The minimum absolute atomic E-state index is 0. The molecule has 0 spiro atoms. The molecule has 0 fully saturated rings. The van der Waals surface area contributed by atoms with Gasteiger partial charge in [0.05, 0.1) is 0 Å². The monoisotopic (exact) mass is 281 g/mol. The number of unbranched alkanes of at least 4 members (excludes halogenated alkanes) is 2. The summed E-state index contributed by atoms with van der Waals surface area (Å²) in [6.07, 6.45) is 2.72. The van der Waals surface area contributed by atoms with Gasteiger partial charge >= 0.3 is 0 Å². The molecule has 0 rings (SSSR count). The molecule has 0 aliphatic rings. The smallest absolute Gasteiger partial charge is 0.245 e. The first-order valence-electron chi connectivity index (χ1n) is 5.73. The first-order chi connectivity index (χ1) is 7.57. The van der Waals surface area contributed by atoms with E-state index in [1.807, 2.05) is 13.8 Å². The fraction of sp³-hybridized carbons (Fsp3) is 0.818. The summed E-state index contributed by atoms with van der Waals surface area (Å²) in [7, 11) is 0. The Kier molecular flexibility index (Phi) is 13.2. The van der Waals surface area contributed by atoms with Crippen molar-refractivity contribution < 1.29 is 33.3 Å². The molecule has 1 radical (unpaired) electrons. The number of carbonyl (C=O) groups is 2. The molecule has 0 aliphatic heterocycles. The summed E-state index contributed by atoms with van der Waals surface area (Å²) in [6.45, 7) is 4.53. The summed E-state index contributed by atoms with van der Waals surface area (Å²) in [5, 5.41) is 13.8. The van der Waals surface area contributed by atoms with Crippen molar-refractivity contribution in [1.82, 2.24) is 10.6 Å². The zero-order valence-electron chi connectivity index (χ0n) is 10.5. The summed E-state index contributed by atoms with van der Waals surface area (Å²) in [6, 6.07) is 0. The van der Waals surface area contributed by atoms with Crippen molar-refractivity contribution >= 4 is 11.8 Å². The fourth-order valence-corrected chi connectivity index (χ4v) is 1.13. The molecule has 0 aromatic rings. The van der Waals surface area contributed by atoms with Crippen molar-refractivity contribution in [2.75, 3.05) is 19.7 Å². The second kappa shape index (κ2) is 12.0. The van der Waals surface area contributed by atoms with Crippen LogP contribution < -0.4 is 10.6 Å². The van der Waals surface area contributed by atoms with E-state index in [2.05, 4.69) is 10.6 Å². The van der Waals surface area contributed by atoms with Crippen molar-refractivity contribution in [3.05, 3.63) is 0 Å². The Bertz CT molecular complexity index is 223. The number of amides is 2. The third-order valence-corrected chi connectivity index (χ3v) is 2.14. The third kappa shape index (κ3) is 11.7. The van der Waals surface area contributed by atoms with Gasteiger partial charge in [0.15, 0.2) is 0 Å². The Labute approximate surface area is 115 Å². The summed E-state index contributed by atoms with van der Waals surface area (Å²) in [5.41, 5.74) is 0. The second-order valence-corrected chi connectivity index (χ2v) is 4.01. The maximum atomic E-state index is 11.2. The van der Waals surface area contributed by atoms with Crippen LogP contribution in [-0.2, 0) is 28.1 Å². The Balaban J connectivity index is 0. The van der Waals surface area contributed by atoms with Crippen LogP contribution in [0.1, 0.15) is 33.1 Å². The standard InChI is InChI=1S/C11H22N2O3.V/c1-9(2)11(16)13-7-5-3-4-6-12-10(15)8-14;/h9,14H,3-8H2,1-2H3,(H,12,15)(H,13,16);. The van der Waals surface area contributed by atoms with Gasteiger partial charge in [-0.15, -0.1) is 0 Å². The van der Waals surface area contributed by atoms with E-state index in [0.717, 1.165) is 19.3 Å². The van der Waals surface area contributed by atoms with Gasteiger partial charge in [0.25, 0.3) is 0 Å². The van der Waals surface area contributed by atoms with Crippen LogP contribution in [0.25, 0.3) is 0 Å². The van der Waals surface area contributed by atoms with Gasteiger partial charge < -0.3 is 15.7 Å². The van der Waals surface area contributed by atoms with Gasteiger partial charge in [-0.1, -0.05) is 13.8 Å². The van der Waals surface area contributed by atoms with Crippen LogP contribution in [0, 0.1) is 5.92 Å². The predicted octanol–water partition coefficient (Wildman–Crippen LogP) is 0.0349. The van der Waals surface area contributed by atoms with E-state index in [4.69, 9.17) is 5.11 Å². The molecule has 3 N–H and O–H groups in total. The first kappa shape index (κ1) is 18.8. The fourth-order valence-electron chi connectivity index (χ4n) is 1.13. The number of nitrogens with one attached hydrogen (secondary N) is 2. The average Bonchev–Trinajstić information content (AvgIpc) is 2.26. The number of carbonyl (C=O) groups excluding carboxylic acids is 2. The summed E-state index contributed by atoms with van der Waals surface area (Å²) in [5.74, 6) is -0.231. The van der Waals surface area contributed by atoms with Gasteiger partial charge in [-0.05, 0) is 19.3 Å². The van der Waals surface area contributed by atoms with Gasteiger partial charge in [-0.2, -0.15) is 0 Å². The molecule has 5 nitrogen and oxygen atoms in total. The van der Waals surface area contributed by atoms with Crippen LogP contribution in [0.5, 0.6) is 0 Å². The van der Waals surface area contributed by atoms with Crippen molar-refractivity contribution in [2.24, 2.45) is 5.92 Å². The van der Waals surface area contributed by atoms with E-state index in [9.17, 15) is 9.59 Å². The van der Waals surface area contributed by atoms with Crippen LogP contribution in [0.3, 0.4) is 0 Å². The molecule has 0 aliphatic carbocycles. The number of aliphatic hydroxyl groups excluding tert-OH is 1. The van der Waals surface area contributed by atoms with E-state index >= 15 is 0 Å². The minimum Gasteiger partial charge on any atom is -0.387 e. The zero-order chi connectivity index (χ0) is 12.4. The number of aliphatic hydroxyl groups is 1. The van der Waals surface area contributed by atoms with Crippen LogP contribution >= 0.6 is 0 Å². The maximum absolute atomic E-state index is 11.2. The zero-order valence-corrected chi connectivity index (χ0v) is 11.9. The van der Waals surface area contributed by atoms with Crippen molar-refractivity contribution in [1.29, 1.82) is 0 Å². The summed E-state index contributed by atoms with van der Waals surface area (Å²) < 4.78 is 0. The molecule has 0 heterocycles. The molecule has 0 bridgehead atoms. The Morgan fingerprint density at radius 3 is 2.06 bits per heavy atom. The Morgan fingerprint density at radius 2 is 1.59 bits per heavy atom. The summed E-state index contributed by atoms with van der Waals surface area (Å²) in [4.78, 5) is 21.8. The van der Waals surface area contributed by atoms with Crippen molar-refractivity contribution in [2.45, 2.75) is 33.1 Å². The molecule has 17 heavy (non-hydrogen) atoms. The molecule has 0 saturated carbocycles. The van der Waals surface area contributed by atoms with E-state index in [1.165, 1.54) is 0 Å². The van der Waals surface area contributed by atoms with Gasteiger partial charge in [-0.25, -0.2) is 0 Å². The molecule has 0 unspecified atom stereocenters. The third-order valence-electron chi connectivity index (χ3n) is 2.14. The molecule has 99 valence electrons. The molecular formula is C11H22N2O3V. The number of hydrogen-bond acceptors (Lipinski definition) is 3. The quantitative estimate of drug-likeness (QED) is 0.549. The van der Waals surface area contributed by atoms with E-state index < -0.39 is 6.61 Å². The topological polar surface area (TPSA) is 78.4 Å². The SMILES string of the molecule is CC(C)C(=O)NCCCCCNC(=O)CO.[V]. The maximum Gasteiger partial charge on any atom is 0.245 e. The Hall–Kier alpha value is -0.516. The molecule has 6 heteroatoms. The molecule has 0 aromatic heterocycles. The molecular weight excluding hydrogens is 259 g/mol. The molecule has 0 atom stereocenters. The van der Waals surface area contributed by atoms with Gasteiger partial charge in [0.2, 0.25) is 11.8 Å². The minimum atomic E-state index is -0.454. The number of hydrogen-bond donors (Lipinski definition) is 3. The first-order valence-corrected chi connectivity index (χ1v) is 5.73. The van der Waals surface area contributed by atoms with Crippen LogP contribution in [-0.4, -0.2) is 36.6 Å². The molecule has 2 amide bonds. The van der Waals surface area contributed by atoms with Crippen molar-refractivity contribution in [3.63, 3.8) is 0 Å². The predicted molar refractivity (Wildman–Crippen MR) is 61.8 cm³/mol. The van der Waals surface area contributed by atoms with Crippen molar-refractivity contribution in [3.8, 4) is 0 Å².